The number of nitrogens with one attached hydrogen (secondary N) is 1. The number of unbranched alkanes of at least 4 members (excludes halogenated alkanes) is 1. The molecule has 0 bridgehead atoms. The van der Waals surface area contributed by atoms with E-state index in [1.165, 1.54) is 22.8 Å². The Balaban J connectivity index is 2.11. The van der Waals surface area contributed by atoms with Gasteiger partial charge >= 0.3 is 0 Å². The number of fused-ring (bicyclic) bond motifs is 1. The molecule has 0 fully saturated rings. The first-order valence-electron chi connectivity index (χ1n) is 7.98. The maximum Gasteiger partial charge on any atom is 0.0108 e. The summed E-state index contributed by atoms with van der Waals surface area (Å²) in [5, 5.41) is 6.37. The molecule has 0 amide bonds. The Hall–Kier alpha value is -1.78. The maximum atomic E-state index is 5.37. The van der Waals surface area contributed by atoms with Crippen molar-refractivity contribution >= 4 is 10.8 Å². The van der Waals surface area contributed by atoms with Gasteiger partial charge in [0.2, 0.25) is 0 Å². The van der Waals surface area contributed by atoms with E-state index in [1.54, 1.807) is 0 Å². The zero-order chi connectivity index (χ0) is 14.9. The highest BCUT2D eigenvalue weighted by Gasteiger charge is 2.10. The van der Waals surface area contributed by atoms with Gasteiger partial charge in [0.25, 0.3) is 0 Å². The fraction of sp³-hybridized carbons (Fsp3) is 0.400. The summed E-state index contributed by atoms with van der Waals surface area (Å²) >= 11 is 0. The van der Waals surface area contributed by atoms with Crippen molar-refractivity contribution in [1.29, 1.82) is 0 Å². The lowest BCUT2D eigenvalue weighted by atomic mass is 9.96. The first-order valence-corrected chi connectivity index (χ1v) is 7.98. The Morgan fingerprint density at radius 2 is 1.95 bits per heavy atom. The average Bonchev–Trinajstić information content (AvgIpc) is 2.53. The second-order valence-electron chi connectivity index (χ2n) is 5.59. The zero-order valence-electron chi connectivity index (χ0n) is 12.9. The third kappa shape index (κ3) is 4.62. The Morgan fingerprint density at radius 1 is 1.14 bits per heavy atom. The lowest BCUT2D eigenvalue weighted by molar-refractivity contribution is 0.468. The van der Waals surface area contributed by atoms with Crippen molar-refractivity contribution in [2.75, 3.05) is 6.54 Å². The molecule has 0 saturated carbocycles. The highest BCUT2D eigenvalue weighted by molar-refractivity contribution is 5.85. The molecular formula is C20H25N. The number of rotatable bonds is 8. The smallest absolute Gasteiger partial charge is 0.0108 e. The highest BCUT2D eigenvalue weighted by Crippen LogP contribution is 2.20. The fourth-order valence-corrected chi connectivity index (χ4v) is 2.81. The molecule has 1 N–H and O–H groups in total. The van der Waals surface area contributed by atoms with Crippen molar-refractivity contribution in [3.05, 3.63) is 48.0 Å². The Kier molecular flexibility index (Phi) is 6.31. The van der Waals surface area contributed by atoms with Gasteiger partial charge in [0.1, 0.15) is 0 Å². The van der Waals surface area contributed by atoms with Gasteiger partial charge < -0.3 is 5.32 Å². The van der Waals surface area contributed by atoms with Crippen molar-refractivity contribution in [2.24, 2.45) is 0 Å². The predicted molar refractivity (Wildman–Crippen MR) is 92.4 cm³/mol. The highest BCUT2D eigenvalue weighted by atomic mass is 14.9. The van der Waals surface area contributed by atoms with Gasteiger partial charge in [-0.3, -0.25) is 0 Å². The Morgan fingerprint density at radius 3 is 2.76 bits per heavy atom. The van der Waals surface area contributed by atoms with E-state index in [-0.39, 0.29) is 0 Å². The minimum absolute atomic E-state index is 0.518. The molecule has 1 heteroatoms. The molecule has 1 unspecified atom stereocenters. The van der Waals surface area contributed by atoms with Gasteiger partial charge in [-0.25, -0.2) is 0 Å². The van der Waals surface area contributed by atoms with Gasteiger partial charge in [-0.1, -0.05) is 49.4 Å². The lowest BCUT2D eigenvalue weighted by Crippen LogP contribution is -2.31. The van der Waals surface area contributed by atoms with E-state index in [2.05, 4.69) is 60.6 Å². The normalized spacial score (nSPS) is 12.2. The van der Waals surface area contributed by atoms with E-state index in [4.69, 9.17) is 6.42 Å². The van der Waals surface area contributed by atoms with E-state index in [1.807, 2.05) is 0 Å². The van der Waals surface area contributed by atoms with Crippen LogP contribution in [-0.4, -0.2) is 12.6 Å². The SMILES string of the molecule is C#CCCCC(Cc1cccc2ccccc12)NCCC. The van der Waals surface area contributed by atoms with Crippen LogP contribution in [-0.2, 0) is 6.42 Å². The van der Waals surface area contributed by atoms with Gasteiger partial charge in [0.05, 0.1) is 0 Å². The molecule has 110 valence electrons. The van der Waals surface area contributed by atoms with Crippen LogP contribution in [0.5, 0.6) is 0 Å². The van der Waals surface area contributed by atoms with Gasteiger partial charge in [-0.05, 0) is 48.6 Å². The van der Waals surface area contributed by atoms with Crippen molar-refractivity contribution in [3.8, 4) is 12.3 Å². The van der Waals surface area contributed by atoms with Crippen LogP contribution >= 0.6 is 0 Å². The molecule has 0 spiro atoms. The summed E-state index contributed by atoms with van der Waals surface area (Å²) in [5.41, 5.74) is 1.43. The fourth-order valence-electron chi connectivity index (χ4n) is 2.81. The zero-order valence-corrected chi connectivity index (χ0v) is 12.9. The molecule has 1 atom stereocenters. The molecule has 0 heterocycles. The van der Waals surface area contributed by atoms with Gasteiger partial charge in [-0.15, -0.1) is 12.3 Å². The number of benzene rings is 2. The largest absolute Gasteiger partial charge is 0.314 e. The van der Waals surface area contributed by atoms with Crippen molar-refractivity contribution in [1.82, 2.24) is 5.32 Å². The summed E-state index contributed by atoms with van der Waals surface area (Å²) in [6, 6.07) is 15.8. The topological polar surface area (TPSA) is 12.0 Å². The summed E-state index contributed by atoms with van der Waals surface area (Å²) in [6.45, 7) is 3.29. The minimum atomic E-state index is 0.518. The predicted octanol–water partition coefficient (Wildman–Crippen LogP) is 4.55. The molecule has 0 aliphatic heterocycles. The van der Waals surface area contributed by atoms with Crippen LogP contribution in [0.15, 0.2) is 42.5 Å². The van der Waals surface area contributed by atoms with Crippen LogP contribution in [0.1, 0.15) is 38.2 Å². The minimum Gasteiger partial charge on any atom is -0.314 e. The molecule has 2 rings (SSSR count). The molecule has 1 nitrogen and oxygen atoms in total. The summed E-state index contributed by atoms with van der Waals surface area (Å²) in [7, 11) is 0. The average molecular weight is 279 g/mol. The number of terminal acetylenes is 1. The number of hydrogen-bond acceptors (Lipinski definition) is 1. The van der Waals surface area contributed by atoms with Gasteiger partial charge in [0, 0.05) is 12.5 Å². The van der Waals surface area contributed by atoms with Crippen LogP contribution in [0.4, 0.5) is 0 Å². The Bertz CT molecular complexity index is 589. The van der Waals surface area contributed by atoms with E-state index >= 15 is 0 Å². The quantitative estimate of drug-likeness (QED) is 0.552. The van der Waals surface area contributed by atoms with Crippen molar-refractivity contribution in [2.45, 2.75) is 45.1 Å². The molecule has 0 saturated heterocycles. The van der Waals surface area contributed by atoms with E-state index in [0.717, 1.165) is 32.2 Å². The molecule has 0 aliphatic rings. The van der Waals surface area contributed by atoms with Gasteiger partial charge in [0.15, 0.2) is 0 Å². The third-order valence-corrected chi connectivity index (χ3v) is 3.90. The third-order valence-electron chi connectivity index (χ3n) is 3.90. The van der Waals surface area contributed by atoms with Crippen molar-refractivity contribution in [3.63, 3.8) is 0 Å². The van der Waals surface area contributed by atoms with Crippen LogP contribution in [0, 0.1) is 12.3 Å². The molecular weight excluding hydrogens is 254 g/mol. The summed E-state index contributed by atoms with van der Waals surface area (Å²) < 4.78 is 0. The summed E-state index contributed by atoms with van der Waals surface area (Å²) in [6.07, 6.45) is 10.7. The molecule has 0 aromatic heterocycles. The maximum absolute atomic E-state index is 5.37. The first kappa shape index (κ1) is 15.6. The first-order chi connectivity index (χ1) is 10.3. The van der Waals surface area contributed by atoms with Crippen LogP contribution in [0.25, 0.3) is 10.8 Å². The van der Waals surface area contributed by atoms with E-state index in [9.17, 15) is 0 Å². The van der Waals surface area contributed by atoms with Crippen LogP contribution < -0.4 is 5.32 Å². The van der Waals surface area contributed by atoms with E-state index < -0.39 is 0 Å². The van der Waals surface area contributed by atoms with Crippen LogP contribution in [0.3, 0.4) is 0 Å². The second kappa shape index (κ2) is 8.49. The molecule has 0 aliphatic carbocycles. The van der Waals surface area contributed by atoms with Crippen molar-refractivity contribution < 1.29 is 0 Å². The summed E-state index contributed by atoms with van der Waals surface area (Å²) in [5.74, 6) is 2.74. The monoisotopic (exact) mass is 279 g/mol. The second-order valence-corrected chi connectivity index (χ2v) is 5.59. The summed E-state index contributed by atoms with van der Waals surface area (Å²) in [4.78, 5) is 0. The molecule has 21 heavy (non-hydrogen) atoms. The Labute approximate surface area is 128 Å². The van der Waals surface area contributed by atoms with Crippen LogP contribution in [0.2, 0.25) is 0 Å². The standard InChI is InChI=1S/C20H25N/c1-3-5-6-13-19(21-15-4-2)16-18-12-9-11-17-10-7-8-14-20(17)18/h1,7-12,14,19,21H,4-6,13,15-16H2,2H3. The molecule has 2 aromatic carbocycles. The molecule has 2 aromatic rings. The number of hydrogen-bond donors (Lipinski definition) is 1. The van der Waals surface area contributed by atoms with E-state index in [0.29, 0.717) is 6.04 Å². The lowest BCUT2D eigenvalue weighted by Gasteiger charge is -2.19. The molecule has 0 radical (unpaired) electrons. The van der Waals surface area contributed by atoms with Gasteiger partial charge in [-0.2, -0.15) is 0 Å².